The van der Waals surface area contributed by atoms with Crippen LogP contribution in [0.3, 0.4) is 0 Å². The van der Waals surface area contributed by atoms with E-state index >= 15 is 0 Å². The van der Waals surface area contributed by atoms with Gasteiger partial charge in [0.25, 0.3) is 0 Å². The zero-order valence-corrected chi connectivity index (χ0v) is 14.1. The van der Waals surface area contributed by atoms with Gasteiger partial charge in [-0.2, -0.15) is 0 Å². The molecule has 7 heteroatoms. The van der Waals surface area contributed by atoms with Crippen LogP contribution in [0.5, 0.6) is 0 Å². The van der Waals surface area contributed by atoms with Gasteiger partial charge in [-0.3, -0.25) is 4.79 Å². The molecule has 1 aliphatic rings. The Morgan fingerprint density at radius 3 is 3.05 bits per heavy atom. The van der Waals surface area contributed by atoms with Crippen LogP contribution in [-0.2, 0) is 16.0 Å². The number of hydrogen-bond acceptors (Lipinski definition) is 6. The van der Waals surface area contributed by atoms with Gasteiger partial charge in [0.15, 0.2) is 5.13 Å². The van der Waals surface area contributed by atoms with Crippen LogP contribution in [0, 0.1) is 5.92 Å². The monoisotopic (exact) mass is 327 g/mol. The van der Waals surface area contributed by atoms with Crippen molar-refractivity contribution in [1.82, 2.24) is 9.88 Å². The maximum atomic E-state index is 12.3. The number of carbonyl (C=O) groups excluding carboxylic acids is 1. The van der Waals surface area contributed by atoms with Gasteiger partial charge in [0.2, 0.25) is 5.91 Å². The van der Waals surface area contributed by atoms with Gasteiger partial charge in [0.1, 0.15) is 0 Å². The van der Waals surface area contributed by atoms with Gasteiger partial charge < -0.3 is 20.5 Å². The number of likely N-dealkylation sites (tertiary alicyclic amines) is 1. The average molecular weight is 327 g/mol. The van der Waals surface area contributed by atoms with Crippen molar-refractivity contribution in [2.45, 2.75) is 38.2 Å². The fourth-order valence-corrected chi connectivity index (χ4v) is 3.47. The minimum absolute atomic E-state index is 0.0512. The number of aromatic nitrogens is 1. The third kappa shape index (κ3) is 4.18. The number of amides is 1. The lowest BCUT2D eigenvalue weighted by atomic mass is 9.80. The van der Waals surface area contributed by atoms with Gasteiger partial charge in [-0.1, -0.05) is 6.92 Å². The first kappa shape index (κ1) is 17.2. The number of ether oxygens (including phenoxy) is 1. The van der Waals surface area contributed by atoms with Crippen LogP contribution in [0.15, 0.2) is 5.38 Å². The second-order valence-corrected chi connectivity index (χ2v) is 6.90. The van der Waals surface area contributed by atoms with Gasteiger partial charge >= 0.3 is 0 Å². The van der Waals surface area contributed by atoms with E-state index in [9.17, 15) is 9.90 Å². The van der Waals surface area contributed by atoms with E-state index in [0.717, 1.165) is 5.69 Å². The number of thiazole rings is 1. The molecule has 2 atom stereocenters. The van der Waals surface area contributed by atoms with Crippen molar-refractivity contribution in [2.75, 3.05) is 32.5 Å². The van der Waals surface area contributed by atoms with Crippen LogP contribution >= 0.6 is 11.3 Å². The molecule has 3 N–H and O–H groups in total. The fraction of sp³-hybridized carbons (Fsp3) is 0.733. The first-order chi connectivity index (χ1) is 10.4. The fourth-order valence-electron chi connectivity index (χ4n) is 2.87. The molecule has 0 bridgehead atoms. The summed E-state index contributed by atoms with van der Waals surface area (Å²) in [5.74, 6) is 0.169. The van der Waals surface area contributed by atoms with Crippen molar-refractivity contribution < 1.29 is 14.6 Å². The molecule has 1 fully saturated rings. The Bertz CT molecular complexity index is 508. The minimum Gasteiger partial charge on any atom is -0.389 e. The van der Waals surface area contributed by atoms with Crippen molar-refractivity contribution in [1.29, 1.82) is 0 Å². The normalized spacial score (nSPS) is 25.4. The lowest BCUT2D eigenvalue weighted by molar-refractivity contribution is -0.140. The van der Waals surface area contributed by atoms with Crippen LogP contribution in [0.2, 0.25) is 0 Å². The van der Waals surface area contributed by atoms with Gasteiger partial charge in [-0.05, 0) is 19.3 Å². The number of piperidine rings is 1. The maximum absolute atomic E-state index is 12.3. The number of aliphatic hydroxyl groups is 1. The summed E-state index contributed by atoms with van der Waals surface area (Å²) in [5, 5.41) is 13.1. The Morgan fingerprint density at radius 1 is 1.68 bits per heavy atom. The smallest absolute Gasteiger partial charge is 0.222 e. The van der Waals surface area contributed by atoms with Crippen molar-refractivity contribution in [3.63, 3.8) is 0 Å². The van der Waals surface area contributed by atoms with E-state index in [-0.39, 0.29) is 11.8 Å². The first-order valence-electron chi connectivity index (χ1n) is 7.63. The Morgan fingerprint density at radius 2 is 2.45 bits per heavy atom. The molecule has 2 unspecified atom stereocenters. The Hall–Kier alpha value is -1.18. The van der Waals surface area contributed by atoms with E-state index in [0.29, 0.717) is 50.5 Å². The number of aryl methyl sites for hydroxylation is 1. The quantitative estimate of drug-likeness (QED) is 0.822. The second kappa shape index (κ2) is 7.39. The molecule has 1 aliphatic heterocycles. The molecule has 22 heavy (non-hydrogen) atoms. The zero-order chi connectivity index (χ0) is 16.2. The number of nitrogen functional groups attached to an aromatic ring is 1. The number of carbonyl (C=O) groups is 1. The number of nitrogens with zero attached hydrogens (tertiary/aromatic N) is 2. The summed E-state index contributed by atoms with van der Waals surface area (Å²) in [7, 11) is 1.64. The maximum Gasteiger partial charge on any atom is 0.222 e. The zero-order valence-electron chi connectivity index (χ0n) is 13.2. The van der Waals surface area contributed by atoms with Gasteiger partial charge in [0, 0.05) is 44.5 Å². The van der Waals surface area contributed by atoms with Gasteiger partial charge in [0.05, 0.1) is 11.3 Å². The van der Waals surface area contributed by atoms with Crippen LogP contribution in [-0.4, -0.2) is 53.3 Å². The van der Waals surface area contributed by atoms with Gasteiger partial charge in [-0.25, -0.2) is 4.98 Å². The molecular weight excluding hydrogens is 302 g/mol. The third-order valence-corrected chi connectivity index (χ3v) is 5.21. The van der Waals surface area contributed by atoms with E-state index in [1.54, 1.807) is 7.11 Å². The average Bonchev–Trinajstić information content (AvgIpc) is 2.91. The summed E-state index contributed by atoms with van der Waals surface area (Å²) in [5.41, 5.74) is 5.74. The summed E-state index contributed by atoms with van der Waals surface area (Å²) < 4.78 is 5.07. The molecule has 1 aromatic rings. The number of nitrogens with two attached hydrogens (primary N) is 1. The van der Waals surface area contributed by atoms with Crippen molar-refractivity contribution >= 4 is 22.4 Å². The predicted octanol–water partition coefficient (Wildman–Crippen LogP) is 1.29. The summed E-state index contributed by atoms with van der Waals surface area (Å²) in [6, 6.07) is 0. The summed E-state index contributed by atoms with van der Waals surface area (Å²) in [6.07, 6.45) is 2.27. The molecule has 1 saturated heterocycles. The minimum atomic E-state index is -0.726. The topological polar surface area (TPSA) is 88.7 Å². The summed E-state index contributed by atoms with van der Waals surface area (Å²) in [6.45, 7) is 3.73. The van der Waals surface area contributed by atoms with Crippen molar-refractivity contribution in [3.8, 4) is 0 Å². The number of hydrogen-bond donors (Lipinski definition) is 2. The molecule has 1 aromatic heterocycles. The molecule has 0 radical (unpaired) electrons. The molecule has 0 aliphatic carbocycles. The SMILES string of the molecule is COCCC1(O)CCN(C(=O)CCc2csc(N)n2)CC1C. The highest BCUT2D eigenvalue weighted by Crippen LogP contribution is 2.31. The van der Waals surface area contributed by atoms with Crippen LogP contribution in [0.4, 0.5) is 5.13 Å². The molecule has 124 valence electrons. The highest BCUT2D eigenvalue weighted by atomic mass is 32.1. The van der Waals surface area contributed by atoms with Crippen LogP contribution < -0.4 is 5.73 Å². The molecule has 2 heterocycles. The number of methoxy groups -OCH3 is 1. The largest absolute Gasteiger partial charge is 0.389 e. The predicted molar refractivity (Wildman–Crippen MR) is 86.7 cm³/mol. The third-order valence-electron chi connectivity index (χ3n) is 4.48. The molecule has 0 aromatic carbocycles. The van der Waals surface area contributed by atoms with E-state index in [1.807, 2.05) is 17.2 Å². The van der Waals surface area contributed by atoms with Crippen molar-refractivity contribution in [2.24, 2.45) is 5.92 Å². The number of anilines is 1. The molecular formula is C15H25N3O3S. The van der Waals surface area contributed by atoms with Gasteiger partial charge in [-0.15, -0.1) is 11.3 Å². The standard InChI is InChI=1S/C15H25N3O3S/c1-11-9-18(7-5-15(11,20)6-8-21-2)13(19)4-3-12-10-22-14(16)17-12/h10-11,20H,3-9H2,1-2H3,(H2,16,17). The summed E-state index contributed by atoms with van der Waals surface area (Å²) in [4.78, 5) is 18.3. The molecule has 6 nitrogen and oxygen atoms in total. The van der Waals surface area contributed by atoms with E-state index < -0.39 is 5.60 Å². The lowest BCUT2D eigenvalue weighted by Gasteiger charge is -2.43. The molecule has 1 amide bonds. The molecule has 0 spiro atoms. The summed E-state index contributed by atoms with van der Waals surface area (Å²) >= 11 is 1.40. The lowest BCUT2D eigenvalue weighted by Crippen LogP contribution is -2.52. The highest BCUT2D eigenvalue weighted by molar-refractivity contribution is 7.13. The molecule has 0 saturated carbocycles. The second-order valence-electron chi connectivity index (χ2n) is 6.01. The highest BCUT2D eigenvalue weighted by Gasteiger charge is 2.39. The number of rotatable bonds is 6. The van der Waals surface area contributed by atoms with Crippen LogP contribution in [0.25, 0.3) is 0 Å². The van der Waals surface area contributed by atoms with E-state index in [4.69, 9.17) is 10.5 Å². The Balaban J connectivity index is 1.83. The van der Waals surface area contributed by atoms with E-state index in [1.165, 1.54) is 11.3 Å². The van der Waals surface area contributed by atoms with Crippen LogP contribution in [0.1, 0.15) is 31.9 Å². The van der Waals surface area contributed by atoms with Crippen molar-refractivity contribution in [3.05, 3.63) is 11.1 Å². The molecule has 2 rings (SSSR count). The first-order valence-corrected chi connectivity index (χ1v) is 8.51. The Kier molecular flexibility index (Phi) is 5.77. The Labute approximate surface area is 135 Å². The van der Waals surface area contributed by atoms with E-state index in [2.05, 4.69) is 4.98 Å².